The Hall–Kier alpha value is -0.940. The van der Waals surface area contributed by atoms with Gasteiger partial charge in [-0.2, -0.15) is 0 Å². The Morgan fingerprint density at radius 2 is 2.12 bits per heavy atom. The average molecular weight is 233 g/mol. The van der Waals surface area contributed by atoms with E-state index in [0.717, 1.165) is 26.7 Å². The number of allylic oxidation sites excluding steroid dienone is 2. The lowest BCUT2D eigenvalue weighted by Crippen LogP contribution is -1.93. The smallest absolute Gasteiger partial charge is 0.0253 e. The van der Waals surface area contributed by atoms with E-state index in [1.165, 1.54) is 22.9 Å². The summed E-state index contributed by atoms with van der Waals surface area (Å²) in [6.07, 6.45) is 5.67. The normalized spacial score (nSPS) is 12.3. The standard InChI is InChI=1S/C14H20NP/c1-4-11-6-7-13(12(5-2)9-15)8-14(11)10-16-3/h5-9,15-16H,4,10H2,1-3H3/b12-5+,15-9?. The Morgan fingerprint density at radius 1 is 1.38 bits per heavy atom. The molecule has 0 saturated heterocycles. The van der Waals surface area contributed by atoms with E-state index in [4.69, 9.17) is 5.41 Å². The summed E-state index contributed by atoms with van der Waals surface area (Å²) >= 11 is 0. The SMILES string of the molecule is C/C=C(\C=N)c1ccc(CC)c(CPC)c1. The van der Waals surface area contributed by atoms with Crippen LogP contribution in [0.5, 0.6) is 0 Å². The second kappa shape index (κ2) is 6.60. The van der Waals surface area contributed by atoms with Crippen molar-refractivity contribution < 1.29 is 0 Å². The highest BCUT2D eigenvalue weighted by atomic mass is 31.1. The predicted molar refractivity (Wildman–Crippen MR) is 76.2 cm³/mol. The summed E-state index contributed by atoms with van der Waals surface area (Å²) in [7, 11) is 0.949. The molecule has 0 aliphatic rings. The lowest BCUT2D eigenvalue weighted by atomic mass is 9.99. The van der Waals surface area contributed by atoms with Gasteiger partial charge in [-0.05, 0) is 48.4 Å². The highest BCUT2D eigenvalue weighted by Crippen LogP contribution is 2.23. The van der Waals surface area contributed by atoms with Gasteiger partial charge in [0.15, 0.2) is 0 Å². The van der Waals surface area contributed by atoms with E-state index in [1.807, 2.05) is 13.0 Å². The van der Waals surface area contributed by atoms with E-state index in [2.05, 4.69) is 31.8 Å². The van der Waals surface area contributed by atoms with Crippen molar-refractivity contribution in [2.75, 3.05) is 6.66 Å². The molecule has 0 radical (unpaired) electrons. The molecular weight excluding hydrogens is 213 g/mol. The molecule has 1 aromatic rings. The van der Waals surface area contributed by atoms with Crippen LogP contribution in [0, 0.1) is 5.41 Å². The zero-order chi connectivity index (χ0) is 12.0. The van der Waals surface area contributed by atoms with Crippen LogP contribution in [-0.2, 0) is 12.6 Å². The minimum Gasteiger partial charge on any atom is -0.308 e. The van der Waals surface area contributed by atoms with Gasteiger partial charge in [-0.1, -0.05) is 31.2 Å². The minimum absolute atomic E-state index is 0.949. The van der Waals surface area contributed by atoms with Crippen molar-refractivity contribution in [3.8, 4) is 0 Å². The molecule has 0 aliphatic carbocycles. The van der Waals surface area contributed by atoms with Crippen molar-refractivity contribution in [2.24, 2.45) is 0 Å². The van der Waals surface area contributed by atoms with Gasteiger partial charge in [0, 0.05) is 6.21 Å². The topological polar surface area (TPSA) is 23.9 Å². The van der Waals surface area contributed by atoms with Crippen LogP contribution in [0.1, 0.15) is 30.5 Å². The molecule has 0 spiro atoms. The summed E-state index contributed by atoms with van der Waals surface area (Å²) in [6, 6.07) is 6.58. The fraction of sp³-hybridized carbons (Fsp3) is 0.357. The Labute approximate surface area is 100 Å². The summed E-state index contributed by atoms with van der Waals surface area (Å²) in [5, 5.41) is 7.38. The summed E-state index contributed by atoms with van der Waals surface area (Å²) in [5.41, 5.74) is 5.06. The highest BCUT2D eigenvalue weighted by molar-refractivity contribution is 7.36. The number of aryl methyl sites for hydroxylation is 1. The van der Waals surface area contributed by atoms with Crippen LogP contribution >= 0.6 is 8.58 Å². The third-order valence-corrected chi connectivity index (χ3v) is 3.49. The van der Waals surface area contributed by atoms with Crippen LogP contribution in [0.15, 0.2) is 24.3 Å². The number of benzene rings is 1. The van der Waals surface area contributed by atoms with E-state index >= 15 is 0 Å². The van der Waals surface area contributed by atoms with Crippen molar-refractivity contribution >= 4 is 20.4 Å². The molecule has 86 valence electrons. The maximum Gasteiger partial charge on any atom is 0.0253 e. The van der Waals surface area contributed by atoms with E-state index in [0.29, 0.717) is 0 Å². The van der Waals surface area contributed by atoms with E-state index in [1.54, 1.807) is 0 Å². The average Bonchev–Trinajstić information content (AvgIpc) is 2.31. The molecule has 2 heteroatoms. The second-order valence-electron chi connectivity index (χ2n) is 3.76. The van der Waals surface area contributed by atoms with Gasteiger partial charge in [-0.25, -0.2) is 0 Å². The van der Waals surface area contributed by atoms with Gasteiger partial charge in [0.05, 0.1) is 0 Å². The number of nitrogens with one attached hydrogen (secondary N) is 1. The van der Waals surface area contributed by atoms with Crippen LogP contribution in [0.25, 0.3) is 5.57 Å². The second-order valence-corrected chi connectivity index (χ2v) is 4.82. The minimum atomic E-state index is 0.949. The summed E-state index contributed by atoms with van der Waals surface area (Å²) < 4.78 is 0. The zero-order valence-corrected chi connectivity index (χ0v) is 11.3. The molecule has 1 nitrogen and oxygen atoms in total. The molecule has 0 bridgehead atoms. The lowest BCUT2D eigenvalue weighted by Gasteiger charge is -2.10. The summed E-state index contributed by atoms with van der Waals surface area (Å²) in [6.45, 7) is 6.42. The molecule has 0 aromatic heterocycles. The molecule has 0 amide bonds. The first-order valence-electron chi connectivity index (χ1n) is 5.70. The number of rotatable bonds is 5. The summed E-state index contributed by atoms with van der Waals surface area (Å²) in [4.78, 5) is 0. The molecule has 0 heterocycles. The Bertz CT molecular complexity index is 394. The fourth-order valence-corrected chi connectivity index (χ4v) is 2.55. The van der Waals surface area contributed by atoms with Gasteiger partial charge in [0.25, 0.3) is 0 Å². The first-order valence-corrected chi connectivity index (χ1v) is 7.41. The zero-order valence-electron chi connectivity index (χ0n) is 10.3. The largest absolute Gasteiger partial charge is 0.308 e. The molecule has 1 N–H and O–H groups in total. The molecule has 0 saturated carbocycles. The molecule has 1 unspecified atom stereocenters. The van der Waals surface area contributed by atoms with Gasteiger partial charge in [0.2, 0.25) is 0 Å². The Balaban J connectivity index is 3.15. The van der Waals surface area contributed by atoms with Crippen LogP contribution in [-0.4, -0.2) is 12.9 Å². The van der Waals surface area contributed by atoms with Gasteiger partial charge in [-0.15, -0.1) is 8.58 Å². The summed E-state index contributed by atoms with van der Waals surface area (Å²) in [5.74, 6) is 0. The predicted octanol–water partition coefficient (Wildman–Crippen LogP) is 4.11. The van der Waals surface area contributed by atoms with Crippen LogP contribution < -0.4 is 0 Å². The molecule has 1 atom stereocenters. The third-order valence-electron chi connectivity index (χ3n) is 2.75. The van der Waals surface area contributed by atoms with Crippen molar-refractivity contribution in [2.45, 2.75) is 26.4 Å². The lowest BCUT2D eigenvalue weighted by molar-refractivity contribution is 1.10. The molecular formula is C14H20NP. The van der Waals surface area contributed by atoms with Gasteiger partial charge >= 0.3 is 0 Å². The number of hydrogen-bond donors (Lipinski definition) is 1. The third kappa shape index (κ3) is 3.02. The fourth-order valence-electron chi connectivity index (χ4n) is 1.84. The Morgan fingerprint density at radius 3 is 2.62 bits per heavy atom. The van der Waals surface area contributed by atoms with Gasteiger partial charge < -0.3 is 5.41 Å². The number of hydrogen-bond acceptors (Lipinski definition) is 1. The van der Waals surface area contributed by atoms with Crippen LogP contribution in [0.3, 0.4) is 0 Å². The Kier molecular flexibility index (Phi) is 5.42. The van der Waals surface area contributed by atoms with E-state index < -0.39 is 0 Å². The van der Waals surface area contributed by atoms with E-state index in [9.17, 15) is 0 Å². The van der Waals surface area contributed by atoms with Crippen LogP contribution in [0.4, 0.5) is 0 Å². The van der Waals surface area contributed by atoms with Crippen molar-refractivity contribution in [1.29, 1.82) is 5.41 Å². The quantitative estimate of drug-likeness (QED) is 0.584. The molecule has 16 heavy (non-hydrogen) atoms. The first-order chi connectivity index (χ1) is 7.76. The highest BCUT2D eigenvalue weighted by Gasteiger charge is 2.03. The van der Waals surface area contributed by atoms with Crippen molar-refractivity contribution in [3.63, 3.8) is 0 Å². The molecule has 1 rings (SSSR count). The van der Waals surface area contributed by atoms with Crippen LogP contribution in [0.2, 0.25) is 0 Å². The maximum absolute atomic E-state index is 7.38. The van der Waals surface area contributed by atoms with Crippen molar-refractivity contribution in [1.82, 2.24) is 0 Å². The maximum atomic E-state index is 7.38. The van der Waals surface area contributed by atoms with Gasteiger partial charge in [-0.3, -0.25) is 0 Å². The molecule has 0 fully saturated rings. The molecule has 1 aromatic carbocycles. The monoisotopic (exact) mass is 233 g/mol. The first kappa shape index (κ1) is 13.1. The van der Waals surface area contributed by atoms with Crippen molar-refractivity contribution in [3.05, 3.63) is 41.0 Å². The molecule has 0 aliphatic heterocycles. The van der Waals surface area contributed by atoms with E-state index in [-0.39, 0.29) is 0 Å². The van der Waals surface area contributed by atoms with Gasteiger partial charge in [0.1, 0.15) is 0 Å².